The van der Waals surface area contributed by atoms with Crippen LogP contribution in [0, 0.1) is 12.3 Å². The van der Waals surface area contributed by atoms with Crippen LogP contribution in [0.25, 0.3) is 0 Å². The summed E-state index contributed by atoms with van der Waals surface area (Å²) in [5.74, 6) is 2.27. The minimum atomic E-state index is -0.259. The van der Waals surface area contributed by atoms with Crippen LogP contribution < -0.4 is 11.5 Å². The van der Waals surface area contributed by atoms with Crippen LogP contribution in [0.1, 0.15) is 0 Å². The Kier molecular flexibility index (Phi) is 8.80. The third-order valence-electron chi connectivity index (χ3n) is 0.468. The van der Waals surface area contributed by atoms with E-state index in [1.807, 2.05) is 0 Å². The normalized spacial score (nSPS) is 11.0. The Hall–Kier alpha value is 0.0774. The fourth-order valence-electron chi connectivity index (χ4n) is 0.0680. The van der Waals surface area contributed by atoms with Gasteiger partial charge in [0, 0.05) is 6.54 Å². The van der Waals surface area contributed by atoms with Gasteiger partial charge in [0.05, 0.1) is 6.04 Å². The number of nitrogens with two attached hydrogens (primary N) is 2. The molecule has 1 atom stereocenters. The first-order valence-corrected chi connectivity index (χ1v) is 1.73. The van der Waals surface area contributed by atoms with E-state index in [9.17, 15) is 0 Å². The van der Waals surface area contributed by atoms with Crippen molar-refractivity contribution >= 4 is 18.9 Å². The molecule has 0 saturated carbocycles. The molecule has 0 bridgehead atoms. The third-order valence-corrected chi connectivity index (χ3v) is 0.468. The van der Waals surface area contributed by atoms with Crippen LogP contribution in [0.2, 0.25) is 0 Å². The Morgan fingerprint density at radius 2 is 2.14 bits per heavy atom. The van der Waals surface area contributed by atoms with Crippen molar-refractivity contribution in [1.82, 2.24) is 0 Å². The zero-order valence-corrected chi connectivity index (χ0v) is 3.52. The van der Waals surface area contributed by atoms with Crippen LogP contribution in [0.3, 0.4) is 0 Å². The molecule has 0 amide bonds. The van der Waals surface area contributed by atoms with Gasteiger partial charge in [0.1, 0.15) is 0 Å². The second-order valence-corrected chi connectivity index (χ2v) is 1.01. The van der Waals surface area contributed by atoms with Crippen LogP contribution in [-0.2, 0) is 0 Å². The second-order valence-electron chi connectivity index (χ2n) is 1.01. The molecule has 0 aliphatic heterocycles. The first-order chi connectivity index (χ1) is 2.81. The molecule has 0 aromatic carbocycles. The van der Waals surface area contributed by atoms with E-state index < -0.39 is 0 Å². The molecule has 2 nitrogen and oxygen atoms in total. The van der Waals surface area contributed by atoms with E-state index in [0.717, 1.165) is 0 Å². The Labute approximate surface area is 55.8 Å². The Morgan fingerprint density at radius 3 is 2.14 bits per heavy atom. The summed E-state index contributed by atoms with van der Waals surface area (Å²) < 4.78 is 0. The molecule has 0 rings (SSSR count). The van der Waals surface area contributed by atoms with Crippen LogP contribution in [-0.4, -0.2) is 31.4 Å². The topological polar surface area (TPSA) is 52.0 Å². The van der Waals surface area contributed by atoms with Gasteiger partial charge in [0.2, 0.25) is 0 Å². The fourth-order valence-corrected chi connectivity index (χ4v) is 0.0680. The first-order valence-electron chi connectivity index (χ1n) is 1.73. The van der Waals surface area contributed by atoms with Gasteiger partial charge in [-0.3, -0.25) is 0 Å². The molecule has 0 fully saturated rings. The monoisotopic (exact) mass is 92.1 g/mol. The summed E-state index contributed by atoms with van der Waals surface area (Å²) in [6, 6.07) is -0.259. The summed E-state index contributed by atoms with van der Waals surface area (Å²) >= 11 is 0. The molecule has 0 spiro atoms. The molecular weight excluding hydrogens is 83.0 g/mol. The van der Waals surface area contributed by atoms with Gasteiger partial charge in [-0.2, -0.15) is 0 Å². The Morgan fingerprint density at radius 1 is 1.71 bits per heavy atom. The molecule has 1 unspecified atom stereocenters. The molecule has 7 heavy (non-hydrogen) atoms. The summed E-state index contributed by atoms with van der Waals surface area (Å²) in [5, 5.41) is 0. The van der Waals surface area contributed by atoms with E-state index in [0.29, 0.717) is 6.54 Å². The van der Waals surface area contributed by atoms with Gasteiger partial charge in [-0.15, -0.1) is 6.42 Å². The van der Waals surface area contributed by atoms with Crippen LogP contribution >= 0.6 is 0 Å². The van der Waals surface area contributed by atoms with Crippen molar-refractivity contribution in [3.8, 4) is 12.3 Å². The predicted octanol–water partition coefficient (Wildman–Crippen LogP) is -1.74. The first kappa shape index (κ1) is 10.1. The average molecular weight is 92.1 g/mol. The van der Waals surface area contributed by atoms with Gasteiger partial charge in [0.15, 0.2) is 0 Å². The van der Waals surface area contributed by atoms with E-state index in [2.05, 4.69) is 5.92 Å². The SMILES string of the molecule is C#CC(N)CN.[LiH]. The molecular formula is C4H9LiN2. The van der Waals surface area contributed by atoms with E-state index in [-0.39, 0.29) is 24.9 Å². The Balaban J connectivity index is 0. The van der Waals surface area contributed by atoms with E-state index in [4.69, 9.17) is 17.9 Å². The van der Waals surface area contributed by atoms with E-state index in [1.165, 1.54) is 0 Å². The number of hydrogen-bond donors (Lipinski definition) is 2. The molecule has 0 aliphatic rings. The molecule has 3 heteroatoms. The molecule has 36 valence electrons. The molecule has 0 radical (unpaired) electrons. The Bertz CT molecular complexity index is 66.6. The summed E-state index contributed by atoms with van der Waals surface area (Å²) in [7, 11) is 0. The zero-order valence-electron chi connectivity index (χ0n) is 3.52. The van der Waals surface area contributed by atoms with E-state index >= 15 is 0 Å². The molecule has 0 aromatic rings. The van der Waals surface area contributed by atoms with Gasteiger partial charge in [0.25, 0.3) is 0 Å². The van der Waals surface area contributed by atoms with Crippen LogP contribution in [0.4, 0.5) is 0 Å². The maximum atomic E-state index is 5.11. The predicted molar refractivity (Wildman–Crippen MR) is 33.0 cm³/mol. The molecule has 4 N–H and O–H groups in total. The summed E-state index contributed by atoms with van der Waals surface area (Å²) in [6.07, 6.45) is 4.83. The van der Waals surface area contributed by atoms with Crippen molar-refractivity contribution in [2.75, 3.05) is 6.54 Å². The molecule has 0 heterocycles. The van der Waals surface area contributed by atoms with Crippen molar-refractivity contribution in [1.29, 1.82) is 0 Å². The van der Waals surface area contributed by atoms with Crippen molar-refractivity contribution in [2.24, 2.45) is 11.5 Å². The van der Waals surface area contributed by atoms with Gasteiger partial charge >= 0.3 is 18.9 Å². The van der Waals surface area contributed by atoms with Gasteiger partial charge in [-0.05, 0) is 0 Å². The number of rotatable bonds is 1. The maximum absolute atomic E-state index is 5.11. The summed E-state index contributed by atoms with van der Waals surface area (Å²) in [4.78, 5) is 0. The third kappa shape index (κ3) is 6.08. The average Bonchev–Trinajstić information content (AvgIpc) is 1.65. The quantitative estimate of drug-likeness (QED) is 0.298. The summed E-state index contributed by atoms with van der Waals surface area (Å²) in [6.45, 7) is 0.372. The van der Waals surface area contributed by atoms with E-state index in [1.54, 1.807) is 0 Å². The standard InChI is InChI=1S/C4H8N2.Li.H/c1-2-4(6)3-5;;/h1,4H,3,5-6H2;;. The summed E-state index contributed by atoms with van der Waals surface area (Å²) in [5.41, 5.74) is 10.1. The minimum absolute atomic E-state index is 0. The van der Waals surface area contributed by atoms with Crippen LogP contribution in [0.5, 0.6) is 0 Å². The molecule has 0 saturated heterocycles. The molecule has 0 aliphatic carbocycles. The van der Waals surface area contributed by atoms with Crippen LogP contribution in [0.15, 0.2) is 0 Å². The van der Waals surface area contributed by atoms with Gasteiger partial charge < -0.3 is 11.5 Å². The van der Waals surface area contributed by atoms with Crippen molar-refractivity contribution in [2.45, 2.75) is 6.04 Å². The van der Waals surface area contributed by atoms with Gasteiger partial charge in [-0.25, -0.2) is 0 Å². The zero-order chi connectivity index (χ0) is 4.99. The molecule has 0 aromatic heterocycles. The van der Waals surface area contributed by atoms with Crippen molar-refractivity contribution < 1.29 is 0 Å². The second kappa shape index (κ2) is 6.08. The van der Waals surface area contributed by atoms with Gasteiger partial charge in [-0.1, -0.05) is 5.92 Å². The fraction of sp³-hybridized carbons (Fsp3) is 0.500. The number of terminal acetylenes is 1. The number of hydrogen-bond acceptors (Lipinski definition) is 2. The van der Waals surface area contributed by atoms with Crippen molar-refractivity contribution in [3.05, 3.63) is 0 Å². The van der Waals surface area contributed by atoms with Crippen molar-refractivity contribution in [3.63, 3.8) is 0 Å².